The molecule has 0 spiro atoms. The van der Waals surface area contributed by atoms with Gasteiger partial charge in [0.25, 0.3) is 0 Å². The van der Waals surface area contributed by atoms with E-state index in [1.165, 1.54) is 4.90 Å². The molecule has 0 saturated heterocycles. The molecule has 2 aromatic rings. The predicted molar refractivity (Wildman–Crippen MR) is 99.4 cm³/mol. The standard InChI is InChI=1S/C18H24N4O2S/c1-12(18(24)22(3)10-16(23)19-13-8-9-13)21(2)11-17-20-14-6-4-5-7-15(14)25-17/h4-7,12-13H,8-11H2,1-3H3,(H,19,23). The first-order valence-electron chi connectivity index (χ1n) is 8.53. The number of benzene rings is 1. The summed E-state index contributed by atoms with van der Waals surface area (Å²) in [7, 11) is 3.59. The third-order valence-corrected chi connectivity index (χ3v) is 5.46. The Hall–Kier alpha value is -1.99. The summed E-state index contributed by atoms with van der Waals surface area (Å²) in [4.78, 5) is 32.5. The first-order valence-corrected chi connectivity index (χ1v) is 9.34. The number of aromatic nitrogens is 1. The zero-order valence-corrected chi connectivity index (χ0v) is 15.7. The second-order valence-corrected chi connectivity index (χ2v) is 7.82. The molecule has 0 aliphatic heterocycles. The van der Waals surface area contributed by atoms with Gasteiger partial charge in [-0.25, -0.2) is 4.98 Å². The molecule has 1 aromatic heterocycles. The van der Waals surface area contributed by atoms with Crippen LogP contribution in [0.25, 0.3) is 10.2 Å². The predicted octanol–water partition coefficient (Wildman–Crippen LogP) is 1.85. The highest BCUT2D eigenvalue weighted by Gasteiger charge is 2.27. The smallest absolute Gasteiger partial charge is 0.239 e. The van der Waals surface area contributed by atoms with Gasteiger partial charge in [0.2, 0.25) is 11.8 Å². The van der Waals surface area contributed by atoms with E-state index in [1.54, 1.807) is 18.4 Å². The van der Waals surface area contributed by atoms with E-state index >= 15 is 0 Å². The zero-order valence-electron chi connectivity index (χ0n) is 14.9. The molecule has 3 rings (SSSR count). The van der Waals surface area contributed by atoms with Gasteiger partial charge in [0.05, 0.1) is 29.3 Å². The molecule has 1 atom stereocenters. The highest BCUT2D eigenvalue weighted by molar-refractivity contribution is 7.18. The van der Waals surface area contributed by atoms with Gasteiger partial charge in [0.15, 0.2) is 0 Å². The fourth-order valence-electron chi connectivity index (χ4n) is 2.64. The third-order valence-electron chi connectivity index (χ3n) is 4.44. The average molecular weight is 360 g/mol. The van der Waals surface area contributed by atoms with Gasteiger partial charge in [-0.3, -0.25) is 14.5 Å². The topological polar surface area (TPSA) is 65.5 Å². The van der Waals surface area contributed by atoms with Crippen LogP contribution in [-0.2, 0) is 16.1 Å². The maximum absolute atomic E-state index is 12.6. The van der Waals surface area contributed by atoms with Crippen LogP contribution in [0.1, 0.15) is 24.8 Å². The van der Waals surface area contributed by atoms with Crippen molar-refractivity contribution in [1.82, 2.24) is 20.1 Å². The molecule has 1 aliphatic carbocycles. The number of carbonyl (C=O) groups excluding carboxylic acids is 2. The molecule has 1 N–H and O–H groups in total. The highest BCUT2D eigenvalue weighted by Crippen LogP contribution is 2.23. The van der Waals surface area contributed by atoms with Gasteiger partial charge in [-0.05, 0) is 38.9 Å². The van der Waals surface area contributed by atoms with Gasteiger partial charge in [-0.1, -0.05) is 12.1 Å². The van der Waals surface area contributed by atoms with E-state index in [-0.39, 0.29) is 24.4 Å². The Morgan fingerprint density at radius 3 is 2.72 bits per heavy atom. The van der Waals surface area contributed by atoms with Crippen molar-refractivity contribution < 1.29 is 9.59 Å². The highest BCUT2D eigenvalue weighted by atomic mass is 32.1. The number of hydrogen-bond donors (Lipinski definition) is 1. The van der Waals surface area contributed by atoms with Crippen LogP contribution >= 0.6 is 11.3 Å². The number of likely N-dealkylation sites (N-methyl/N-ethyl adjacent to an activating group) is 2. The molecule has 1 fully saturated rings. The SMILES string of the molecule is CC(C(=O)N(C)CC(=O)NC1CC1)N(C)Cc1nc2ccccc2s1. The van der Waals surface area contributed by atoms with Crippen LogP contribution < -0.4 is 5.32 Å². The van der Waals surface area contributed by atoms with Crippen LogP contribution in [0.4, 0.5) is 0 Å². The molecule has 0 bridgehead atoms. The Morgan fingerprint density at radius 2 is 2.04 bits per heavy atom. The first-order chi connectivity index (χ1) is 11.9. The minimum Gasteiger partial charge on any atom is -0.352 e. The van der Waals surface area contributed by atoms with E-state index in [4.69, 9.17) is 0 Å². The second kappa shape index (κ2) is 7.49. The van der Waals surface area contributed by atoms with Crippen LogP contribution in [0.2, 0.25) is 0 Å². The maximum atomic E-state index is 12.6. The fraction of sp³-hybridized carbons (Fsp3) is 0.500. The Balaban J connectivity index is 1.55. The van der Waals surface area contributed by atoms with E-state index < -0.39 is 0 Å². The number of nitrogens with one attached hydrogen (secondary N) is 1. The van der Waals surface area contributed by atoms with Crippen LogP contribution in [-0.4, -0.2) is 59.3 Å². The number of nitrogens with zero attached hydrogens (tertiary/aromatic N) is 3. The lowest BCUT2D eigenvalue weighted by molar-refractivity contribution is -0.138. The molecule has 0 radical (unpaired) electrons. The van der Waals surface area contributed by atoms with Gasteiger partial charge in [0, 0.05) is 13.1 Å². The van der Waals surface area contributed by atoms with Gasteiger partial charge >= 0.3 is 0 Å². The molecule has 2 amide bonds. The Bertz CT molecular complexity index is 738. The van der Waals surface area contributed by atoms with Crippen molar-refractivity contribution in [3.05, 3.63) is 29.3 Å². The van der Waals surface area contributed by atoms with E-state index in [0.29, 0.717) is 12.6 Å². The van der Waals surface area contributed by atoms with Crippen LogP contribution in [0.3, 0.4) is 0 Å². The van der Waals surface area contributed by atoms with Crippen molar-refractivity contribution >= 4 is 33.4 Å². The summed E-state index contributed by atoms with van der Waals surface area (Å²) < 4.78 is 1.15. The zero-order chi connectivity index (χ0) is 18.0. The van der Waals surface area contributed by atoms with Gasteiger partial charge < -0.3 is 10.2 Å². The van der Waals surface area contributed by atoms with Crippen LogP contribution in [0.15, 0.2) is 24.3 Å². The lowest BCUT2D eigenvalue weighted by atomic mass is 10.2. The molecule has 1 unspecified atom stereocenters. The lowest BCUT2D eigenvalue weighted by Gasteiger charge is -2.27. The first kappa shape index (κ1) is 17.8. The molecule has 1 saturated carbocycles. The number of hydrogen-bond acceptors (Lipinski definition) is 5. The Morgan fingerprint density at radius 1 is 1.32 bits per heavy atom. The molecular formula is C18H24N4O2S. The molecule has 1 aromatic carbocycles. The molecule has 7 heteroatoms. The second-order valence-electron chi connectivity index (χ2n) is 6.70. The normalized spacial score (nSPS) is 15.4. The molecule has 1 heterocycles. The van der Waals surface area contributed by atoms with E-state index in [0.717, 1.165) is 28.1 Å². The van der Waals surface area contributed by atoms with Gasteiger partial charge in [0.1, 0.15) is 5.01 Å². The van der Waals surface area contributed by atoms with Crippen molar-refractivity contribution in [2.75, 3.05) is 20.6 Å². The lowest BCUT2D eigenvalue weighted by Crippen LogP contribution is -2.47. The molecule has 1 aliphatic rings. The number of amides is 2. The average Bonchev–Trinajstić information content (AvgIpc) is 3.29. The summed E-state index contributed by atoms with van der Waals surface area (Å²) in [6, 6.07) is 8.03. The summed E-state index contributed by atoms with van der Waals surface area (Å²) >= 11 is 1.65. The summed E-state index contributed by atoms with van der Waals surface area (Å²) in [6.45, 7) is 2.58. The van der Waals surface area contributed by atoms with E-state index in [2.05, 4.69) is 16.4 Å². The van der Waals surface area contributed by atoms with Crippen molar-refractivity contribution in [3.8, 4) is 0 Å². The largest absolute Gasteiger partial charge is 0.352 e. The number of rotatable bonds is 7. The van der Waals surface area contributed by atoms with Crippen molar-refractivity contribution in [3.63, 3.8) is 0 Å². The Labute approximate surface area is 151 Å². The van der Waals surface area contributed by atoms with Gasteiger partial charge in [-0.15, -0.1) is 11.3 Å². The summed E-state index contributed by atoms with van der Waals surface area (Å²) in [5.41, 5.74) is 0.990. The third kappa shape index (κ3) is 4.55. The minimum atomic E-state index is -0.314. The van der Waals surface area contributed by atoms with Crippen LogP contribution in [0.5, 0.6) is 0 Å². The maximum Gasteiger partial charge on any atom is 0.239 e. The van der Waals surface area contributed by atoms with Crippen LogP contribution in [0, 0.1) is 0 Å². The molecule has 134 valence electrons. The van der Waals surface area contributed by atoms with E-state index in [1.807, 2.05) is 37.1 Å². The van der Waals surface area contributed by atoms with Crippen molar-refractivity contribution in [2.45, 2.75) is 38.4 Å². The van der Waals surface area contributed by atoms with E-state index in [9.17, 15) is 9.59 Å². The van der Waals surface area contributed by atoms with Gasteiger partial charge in [-0.2, -0.15) is 0 Å². The number of thiazole rings is 1. The Kier molecular flexibility index (Phi) is 5.34. The quantitative estimate of drug-likeness (QED) is 0.818. The number of fused-ring (bicyclic) bond motifs is 1. The number of carbonyl (C=O) groups is 2. The minimum absolute atomic E-state index is 0.0606. The summed E-state index contributed by atoms with van der Waals surface area (Å²) in [5, 5.41) is 3.89. The fourth-order valence-corrected chi connectivity index (χ4v) is 3.67. The summed E-state index contributed by atoms with van der Waals surface area (Å²) in [6.07, 6.45) is 2.09. The van der Waals surface area contributed by atoms with Crippen molar-refractivity contribution in [2.24, 2.45) is 0 Å². The molecule has 25 heavy (non-hydrogen) atoms. The molecule has 6 nitrogen and oxygen atoms in total. The monoisotopic (exact) mass is 360 g/mol. The van der Waals surface area contributed by atoms with Crippen molar-refractivity contribution in [1.29, 1.82) is 0 Å². The molecular weight excluding hydrogens is 336 g/mol. The number of para-hydroxylation sites is 1. The summed E-state index contributed by atoms with van der Waals surface area (Å²) in [5.74, 6) is -0.145.